The highest BCUT2D eigenvalue weighted by atomic mass is 79.9. The second-order valence-electron chi connectivity index (χ2n) is 6.30. The molecule has 0 saturated carbocycles. The SMILES string of the molecule is Cc1ccc(S(=O)(=O)Nc2ccc(C)cc2C(=O)c2ccc(Br)cc2)cc1. The summed E-state index contributed by atoms with van der Waals surface area (Å²) in [6.07, 6.45) is 0. The number of sulfonamides is 1. The quantitative estimate of drug-likeness (QED) is 0.557. The maximum atomic E-state index is 12.9. The van der Waals surface area contributed by atoms with Crippen LogP contribution in [0.25, 0.3) is 0 Å². The molecule has 0 unspecified atom stereocenters. The average molecular weight is 444 g/mol. The number of halogens is 1. The van der Waals surface area contributed by atoms with Gasteiger partial charge in [0.2, 0.25) is 0 Å². The van der Waals surface area contributed by atoms with Gasteiger partial charge in [-0.3, -0.25) is 9.52 Å². The van der Waals surface area contributed by atoms with Crippen molar-refractivity contribution in [2.75, 3.05) is 4.72 Å². The number of benzene rings is 3. The van der Waals surface area contributed by atoms with Crippen molar-refractivity contribution in [2.24, 2.45) is 0 Å². The monoisotopic (exact) mass is 443 g/mol. The van der Waals surface area contributed by atoms with Crippen molar-refractivity contribution in [3.05, 3.63) is 93.5 Å². The first-order valence-electron chi connectivity index (χ1n) is 8.27. The van der Waals surface area contributed by atoms with Gasteiger partial charge in [-0.25, -0.2) is 8.42 Å². The van der Waals surface area contributed by atoms with Gasteiger partial charge in [0.1, 0.15) is 0 Å². The van der Waals surface area contributed by atoms with Crippen LogP contribution >= 0.6 is 15.9 Å². The number of ketones is 1. The second-order valence-corrected chi connectivity index (χ2v) is 8.90. The second kappa shape index (κ2) is 7.66. The minimum Gasteiger partial charge on any atom is -0.289 e. The van der Waals surface area contributed by atoms with Gasteiger partial charge in [0.05, 0.1) is 10.6 Å². The summed E-state index contributed by atoms with van der Waals surface area (Å²) in [5.74, 6) is -0.243. The summed E-state index contributed by atoms with van der Waals surface area (Å²) >= 11 is 3.34. The van der Waals surface area contributed by atoms with Crippen molar-refractivity contribution in [1.29, 1.82) is 0 Å². The molecule has 1 N–H and O–H groups in total. The molecule has 3 aromatic carbocycles. The van der Waals surface area contributed by atoms with Crippen LogP contribution in [0.3, 0.4) is 0 Å². The van der Waals surface area contributed by atoms with Crippen LogP contribution in [0.2, 0.25) is 0 Å². The molecule has 0 radical (unpaired) electrons. The van der Waals surface area contributed by atoms with Crippen LogP contribution in [0, 0.1) is 13.8 Å². The number of anilines is 1. The molecule has 0 aliphatic carbocycles. The number of carbonyl (C=O) groups is 1. The normalized spacial score (nSPS) is 11.2. The fourth-order valence-corrected chi connectivity index (χ4v) is 3.96. The first-order valence-corrected chi connectivity index (χ1v) is 10.5. The van der Waals surface area contributed by atoms with Crippen LogP contribution < -0.4 is 4.72 Å². The van der Waals surface area contributed by atoms with E-state index in [1.165, 1.54) is 0 Å². The largest absolute Gasteiger partial charge is 0.289 e. The van der Waals surface area contributed by atoms with Crippen LogP contribution in [-0.4, -0.2) is 14.2 Å². The summed E-state index contributed by atoms with van der Waals surface area (Å²) in [7, 11) is -3.80. The van der Waals surface area contributed by atoms with E-state index in [1.807, 2.05) is 13.8 Å². The molecule has 0 aromatic heterocycles. The van der Waals surface area contributed by atoms with Crippen LogP contribution in [-0.2, 0) is 10.0 Å². The van der Waals surface area contributed by atoms with Crippen molar-refractivity contribution >= 4 is 37.4 Å². The van der Waals surface area contributed by atoms with Gasteiger partial charge in [-0.1, -0.05) is 45.3 Å². The molecule has 27 heavy (non-hydrogen) atoms. The molecule has 3 rings (SSSR count). The minimum absolute atomic E-state index is 0.149. The van der Waals surface area contributed by atoms with Crippen molar-refractivity contribution in [3.63, 3.8) is 0 Å². The summed E-state index contributed by atoms with van der Waals surface area (Å²) in [5, 5.41) is 0. The summed E-state index contributed by atoms with van der Waals surface area (Å²) in [5.41, 5.74) is 2.89. The van der Waals surface area contributed by atoms with E-state index in [2.05, 4.69) is 20.7 Å². The van der Waals surface area contributed by atoms with E-state index in [0.29, 0.717) is 11.1 Å². The highest BCUT2D eigenvalue weighted by molar-refractivity contribution is 9.10. The third kappa shape index (κ3) is 4.46. The van der Waals surface area contributed by atoms with Crippen LogP contribution in [0.1, 0.15) is 27.0 Å². The molecule has 0 atom stereocenters. The molecule has 4 nitrogen and oxygen atoms in total. The zero-order valence-corrected chi connectivity index (χ0v) is 17.3. The minimum atomic E-state index is -3.80. The smallest absolute Gasteiger partial charge is 0.261 e. The lowest BCUT2D eigenvalue weighted by Gasteiger charge is -2.13. The lowest BCUT2D eigenvalue weighted by Crippen LogP contribution is -2.16. The Balaban J connectivity index is 2.00. The van der Waals surface area contributed by atoms with E-state index < -0.39 is 10.0 Å². The van der Waals surface area contributed by atoms with Crippen LogP contribution in [0.5, 0.6) is 0 Å². The fraction of sp³-hybridized carbons (Fsp3) is 0.0952. The third-order valence-electron chi connectivity index (χ3n) is 4.10. The molecule has 138 valence electrons. The first kappa shape index (κ1) is 19.3. The number of nitrogens with one attached hydrogen (secondary N) is 1. The summed E-state index contributed by atoms with van der Waals surface area (Å²) in [4.78, 5) is 13.1. The standard InChI is InChI=1S/C21H18BrNO3S/c1-14-3-10-18(11-4-14)27(25,26)23-20-12-5-15(2)13-19(20)21(24)16-6-8-17(22)9-7-16/h3-13,23H,1-2H3. The zero-order valence-electron chi connectivity index (χ0n) is 14.9. The average Bonchev–Trinajstić information content (AvgIpc) is 2.63. The van der Waals surface area contributed by atoms with Gasteiger partial charge in [-0.2, -0.15) is 0 Å². The molecular weight excluding hydrogens is 426 g/mol. The molecule has 0 aliphatic heterocycles. The van der Waals surface area contributed by atoms with Crippen LogP contribution in [0.4, 0.5) is 5.69 Å². The van der Waals surface area contributed by atoms with Gasteiger partial charge in [-0.15, -0.1) is 0 Å². The van der Waals surface area contributed by atoms with E-state index in [4.69, 9.17) is 0 Å². The number of hydrogen-bond donors (Lipinski definition) is 1. The first-order chi connectivity index (χ1) is 12.8. The predicted octanol–water partition coefficient (Wildman–Crippen LogP) is 5.10. The Morgan fingerprint density at radius 1 is 0.852 bits per heavy atom. The van der Waals surface area contributed by atoms with Gasteiger partial charge in [0.25, 0.3) is 10.0 Å². The third-order valence-corrected chi connectivity index (χ3v) is 6.01. The Morgan fingerprint density at radius 2 is 1.44 bits per heavy atom. The molecule has 0 heterocycles. The Kier molecular flexibility index (Phi) is 5.48. The van der Waals surface area contributed by atoms with Crippen molar-refractivity contribution in [2.45, 2.75) is 18.7 Å². The van der Waals surface area contributed by atoms with Crippen molar-refractivity contribution in [1.82, 2.24) is 0 Å². The Hall–Kier alpha value is -2.44. The molecule has 0 saturated heterocycles. The van der Waals surface area contributed by atoms with Gasteiger partial charge >= 0.3 is 0 Å². The molecule has 0 aliphatic rings. The maximum absolute atomic E-state index is 12.9. The lowest BCUT2D eigenvalue weighted by molar-refractivity contribution is 0.103. The number of rotatable bonds is 5. The zero-order chi connectivity index (χ0) is 19.6. The Labute approximate surface area is 167 Å². The van der Waals surface area contributed by atoms with Crippen molar-refractivity contribution < 1.29 is 13.2 Å². The van der Waals surface area contributed by atoms with Gasteiger partial charge < -0.3 is 0 Å². The molecule has 3 aromatic rings. The molecule has 6 heteroatoms. The van der Waals surface area contributed by atoms with Gasteiger partial charge in [0, 0.05) is 15.6 Å². The lowest BCUT2D eigenvalue weighted by atomic mass is 10.00. The summed E-state index contributed by atoms with van der Waals surface area (Å²) in [6, 6.07) is 18.6. The Morgan fingerprint density at radius 3 is 2.07 bits per heavy atom. The molecule has 0 amide bonds. The summed E-state index contributed by atoms with van der Waals surface area (Å²) in [6.45, 7) is 3.75. The molecule has 0 bridgehead atoms. The summed E-state index contributed by atoms with van der Waals surface area (Å²) < 4.78 is 28.9. The van der Waals surface area contributed by atoms with Gasteiger partial charge in [-0.05, 0) is 62.4 Å². The van der Waals surface area contributed by atoms with E-state index >= 15 is 0 Å². The number of aryl methyl sites for hydroxylation is 2. The van der Waals surface area contributed by atoms with E-state index in [1.54, 1.807) is 66.7 Å². The topological polar surface area (TPSA) is 63.2 Å². The molecule has 0 fully saturated rings. The molecular formula is C21H18BrNO3S. The fourth-order valence-electron chi connectivity index (χ4n) is 2.61. The van der Waals surface area contributed by atoms with Crippen molar-refractivity contribution in [3.8, 4) is 0 Å². The van der Waals surface area contributed by atoms with Crippen LogP contribution in [0.15, 0.2) is 76.1 Å². The highest BCUT2D eigenvalue weighted by Gasteiger charge is 2.20. The highest BCUT2D eigenvalue weighted by Crippen LogP contribution is 2.25. The Bertz CT molecular complexity index is 1090. The number of hydrogen-bond acceptors (Lipinski definition) is 3. The molecule has 0 spiro atoms. The van der Waals surface area contributed by atoms with E-state index in [0.717, 1.165) is 15.6 Å². The van der Waals surface area contributed by atoms with E-state index in [-0.39, 0.29) is 16.4 Å². The van der Waals surface area contributed by atoms with E-state index in [9.17, 15) is 13.2 Å². The number of carbonyl (C=O) groups excluding carboxylic acids is 1. The predicted molar refractivity (Wildman–Crippen MR) is 111 cm³/mol. The maximum Gasteiger partial charge on any atom is 0.261 e. The van der Waals surface area contributed by atoms with Gasteiger partial charge in [0.15, 0.2) is 5.78 Å².